The Balaban J connectivity index is 1.71. The third-order valence-corrected chi connectivity index (χ3v) is 6.03. The number of rotatable bonds is 10. The molecular formula is C24H23BClN6O4. The average molecular weight is 506 g/mol. The number of methoxy groups -OCH3 is 1. The van der Waals surface area contributed by atoms with E-state index < -0.39 is 5.41 Å². The predicted octanol–water partition coefficient (Wildman–Crippen LogP) is 2.71. The Hall–Kier alpha value is -3.72. The smallest absolute Gasteiger partial charge is 0.329 e. The van der Waals surface area contributed by atoms with Crippen LogP contribution in [0, 0.1) is 11.3 Å². The zero-order chi connectivity index (χ0) is 25.7. The van der Waals surface area contributed by atoms with Crippen LogP contribution in [0.2, 0.25) is 5.02 Å². The van der Waals surface area contributed by atoms with Gasteiger partial charge in [0.25, 0.3) is 0 Å². The minimum Gasteiger partial charge on any atom is -0.474 e. The number of benzene rings is 1. The number of nitrogens with zero attached hydrogens (tertiary/aromatic N) is 5. The van der Waals surface area contributed by atoms with E-state index in [0.717, 1.165) is 5.56 Å². The Morgan fingerprint density at radius 1 is 1.36 bits per heavy atom. The molecule has 0 spiro atoms. The van der Waals surface area contributed by atoms with Crippen molar-refractivity contribution >= 4 is 42.5 Å². The Bertz CT molecular complexity index is 1320. The summed E-state index contributed by atoms with van der Waals surface area (Å²) in [6.07, 6.45) is 3.73. The fourth-order valence-corrected chi connectivity index (χ4v) is 4.22. The number of aromatic nitrogens is 3. The first-order valence-corrected chi connectivity index (χ1v) is 11.4. The largest absolute Gasteiger partial charge is 0.474 e. The molecule has 0 bridgehead atoms. The van der Waals surface area contributed by atoms with Crippen LogP contribution in [0.4, 0.5) is 17.3 Å². The number of aliphatic hydroxyl groups excluding tert-OH is 1. The molecular weight excluding hydrogens is 483 g/mol. The molecule has 0 aliphatic carbocycles. The van der Waals surface area contributed by atoms with Gasteiger partial charge in [0, 0.05) is 42.7 Å². The SMILES string of the molecule is COCCOc1ncc(Cl)cc1Nc1nccc(-c2cc(C#N)c3c(c2)[C@@](C)(CO)CN3[B]C=O)n1. The highest BCUT2D eigenvalue weighted by Crippen LogP contribution is 2.44. The molecule has 1 aliphatic rings. The van der Waals surface area contributed by atoms with E-state index in [2.05, 4.69) is 26.3 Å². The first kappa shape index (κ1) is 25.4. The van der Waals surface area contributed by atoms with E-state index in [1.807, 2.05) is 13.0 Å². The lowest BCUT2D eigenvalue weighted by Crippen LogP contribution is -2.36. The Morgan fingerprint density at radius 2 is 2.19 bits per heavy atom. The zero-order valence-electron chi connectivity index (χ0n) is 19.7. The number of anilines is 3. The Kier molecular flexibility index (Phi) is 7.69. The van der Waals surface area contributed by atoms with Crippen molar-refractivity contribution in [3.05, 3.63) is 52.8 Å². The monoisotopic (exact) mass is 505 g/mol. The number of nitriles is 1. The van der Waals surface area contributed by atoms with Crippen LogP contribution in [0.3, 0.4) is 0 Å². The third-order valence-electron chi connectivity index (χ3n) is 5.82. The summed E-state index contributed by atoms with van der Waals surface area (Å²) in [6.45, 7) is 2.81. The van der Waals surface area contributed by atoms with Crippen molar-refractivity contribution < 1.29 is 19.4 Å². The van der Waals surface area contributed by atoms with Crippen molar-refractivity contribution in [2.75, 3.05) is 43.6 Å². The van der Waals surface area contributed by atoms with E-state index in [1.165, 1.54) is 13.6 Å². The summed E-state index contributed by atoms with van der Waals surface area (Å²) in [4.78, 5) is 26.0. The standard InChI is InChI=1S/C24H23BClN6O4/c1-24(13-33)12-32(25-14-34)21-16(10-27)7-15(8-18(21)24)19-3-4-28-23(30-19)31-20-9-17(26)11-29-22(20)36-6-5-35-2/h3-4,7-9,11,14,33H,5-6,12-13H2,1-2H3,(H,28,30,31)/t24-/m1/s1. The van der Waals surface area contributed by atoms with E-state index in [9.17, 15) is 15.2 Å². The molecule has 2 N–H and O–H groups in total. The molecule has 0 saturated carbocycles. The number of ether oxygens (including phenoxy) is 2. The minimum atomic E-state index is -0.661. The summed E-state index contributed by atoms with van der Waals surface area (Å²) < 4.78 is 10.7. The van der Waals surface area contributed by atoms with Gasteiger partial charge in [0.15, 0.2) is 0 Å². The van der Waals surface area contributed by atoms with Gasteiger partial charge in [-0.25, -0.2) is 15.0 Å². The molecule has 0 fully saturated rings. The molecule has 0 unspecified atom stereocenters. The fraction of sp³-hybridized carbons (Fsp3) is 0.292. The summed E-state index contributed by atoms with van der Waals surface area (Å²) in [5.41, 5.74) is 2.80. The van der Waals surface area contributed by atoms with Gasteiger partial charge < -0.3 is 29.5 Å². The zero-order valence-corrected chi connectivity index (χ0v) is 20.5. The predicted molar refractivity (Wildman–Crippen MR) is 136 cm³/mol. The van der Waals surface area contributed by atoms with Gasteiger partial charge in [-0.2, -0.15) is 5.26 Å². The molecule has 1 radical (unpaired) electrons. The molecule has 183 valence electrons. The van der Waals surface area contributed by atoms with Gasteiger partial charge in [-0.3, -0.25) is 0 Å². The van der Waals surface area contributed by atoms with E-state index in [0.29, 0.717) is 65.0 Å². The number of fused-ring (bicyclic) bond motifs is 1. The fourth-order valence-electron chi connectivity index (χ4n) is 4.07. The van der Waals surface area contributed by atoms with Crippen molar-refractivity contribution in [3.8, 4) is 23.2 Å². The second kappa shape index (κ2) is 10.9. The van der Waals surface area contributed by atoms with E-state index in [1.54, 1.807) is 36.3 Å². The maximum absolute atomic E-state index is 11.2. The van der Waals surface area contributed by atoms with Gasteiger partial charge in [0.2, 0.25) is 11.8 Å². The molecule has 10 nitrogen and oxygen atoms in total. The summed E-state index contributed by atoms with van der Waals surface area (Å²) in [7, 11) is 2.95. The molecule has 4 rings (SSSR count). The molecule has 1 aromatic carbocycles. The first-order valence-electron chi connectivity index (χ1n) is 11.0. The van der Waals surface area contributed by atoms with Crippen molar-refractivity contribution in [1.29, 1.82) is 5.26 Å². The van der Waals surface area contributed by atoms with Crippen LogP contribution in [0.15, 0.2) is 36.7 Å². The van der Waals surface area contributed by atoms with Crippen LogP contribution in [0.25, 0.3) is 11.3 Å². The number of carbonyl (C=O) groups excluding carboxylic acids is 1. The lowest BCUT2D eigenvalue weighted by atomic mass is 9.83. The number of halogens is 1. The summed E-state index contributed by atoms with van der Waals surface area (Å²) in [5.74, 6) is 0.591. The summed E-state index contributed by atoms with van der Waals surface area (Å²) in [6, 6.07) is 9.18. The molecule has 0 amide bonds. The number of pyridine rings is 1. The lowest BCUT2D eigenvalue weighted by molar-refractivity contribution is 0.144. The number of aliphatic hydroxyl groups is 1. The highest BCUT2D eigenvalue weighted by atomic mass is 35.5. The van der Waals surface area contributed by atoms with Gasteiger partial charge in [0.05, 0.1) is 29.5 Å². The summed E-state index contributed by atoms with van der Waals surface area (Å²) in [5, 5.41) is 23.5. The van der Waals surface area contributed by atoms with E-state index in [4.69, 9.17) is 21.1 Å². The highest BCUT2D eigenvalue weighted by Gasteiger charge is 2.40. The van der Waals surface area contributed by atoms with Crippen molar-refractivity contribution in [1.82, 2.24) is 15.0 Å². The first-order chi connectivity index (χ1) is 17.4. The molecule has 36 heavy (non-hydrogen) atoms. The molecule has 2 aromatic heterocycles. The van der Waals surface area contributed by atoms with E-state index >= 15 is 0 Å². The van der Waals surface area contributed by atoms with Crippen molar-refractivity contribution in [2.45, 2.75) is 12.3 Å². The highest BCUT2D eigenvalue weighted by molar-refractivity contribution is 6.70. The second-order valence-corrected chi connectivity index (χ2v) is 8.84. The van der Waals surface area contributed by atoms with Gasteiger partial charge in [-0.15, -0.1) is 0 Å². The van der Waals surface area contributed by atoms with Gasteiger partial charge in [0.1, 0.15) is 24.5 Å². The van der Waals surface area contributed by atoms with Crippen LogP contribution >= 0.6 is 11.6 Å². The van der Waals surface area contributed by atoms with Crippen LogP contribution in [-0.4, -0.2) is 67.1 Å². The minimum absolute atomic E-state index is 0.151. The Labute approximate surface area is 214 Å². The quantitative estimate of drug-likeness (QED) is 0.241. The van der Waals surface area contributed by atoms with Crippen LogP contribution in [0.1, 0.15) is 18.1 Å². The van der Waals surface area contributed by atoms with Gasteiger partial charge in [-0.1, -0.05) is 18.5 Å². The van der Waals surface area contributed by atoms with Crippen molar-refractivity contribution in [2.24, 2.45) is 0 Å². The number of nitrogens with one attached hydrogen (secondary N) is 1. The van der Waals surface area contributed by atoms with Crippen LogP contribution in [-0.2, 0) is 14.9 Å². The topological polar surface area (TPSA) is 133 Å². The maximum atomic E-state index is 11.2. The van der Waals surface area contributed by atoms with E-state index in [-0.39, 0.29) is 12.6 Å². The molecule has 1 atom stereocenters. The van der Waals surface area contributed by atoms with Gasteiger partial charge >= 0.3 is 7.41 Å². The number of hydrogen-bond acceptors (Lipinski definition) is 10. The third kappa shape index (κ3) is 5.11. The second-order valence-electron chi connectivity index (χ2n) is 8.40. The van der Waals surface area contributed by atoms with Crippen molar-refractivity contribution in [3.63, 3.8) is 0 Å². The molecule has 3 heterocycles. The number of carbonyl (C=O) groups is 1. The molecule has 1 aliphatic heterocycles. The molecule has 0 saturated heterocycles. The van der Waals surface area contributed by atoms with Gasteiger partial charge in [-0.05, 0) is 29.8 Å². The maximum Gasteiger partial charge on any atom is 0.329 e. The molecule has 3 aromatic rings. The average Bonchev–Trinajstić information content (AvgIpc) is 3.17. The van der Waals surface area contributed by atoms with Crippen LogP contribution in [0.5, 0.6) is 5.88 Å². The molecule has 12 heteroatoms. The number of hydrogen-bond donors (Lipinski definition) is 2. The lowest BCUT2D eigenvalue weighted by Gasteiger charge is -2.23. The summed E-state index contributed by atoms with van der Waals surface area (Å²) >= 11 is 6.13. The Morgan fingerprint density at radius 3 is 2.92 bits per heavy atom. The van der Waals surface area contributed by atoms with Crippen LogP contribution < -0.4 is 14.9 Å². The normalized spacial score (nSPS) is 16.2.